The first-order valence-electron chi connectivity index (χ1n) is 7.59. The Hall–Kier alpha value is -1.89. The van der Waals surface area contributed by atoms with Crippen LogP contribution in [0.2, 0.25) is 0 Å². The van der Waals surface area contributed by atoms with Crippen molar-refractivity contribution in [2.75, 3.05) is 18.8 Å². The minimum Gasteiger partial charge on any atom is -0.352 e. The summed E-state index contributed by atoms with van der Waals surface area (Å²) >= 11 is 0. The molecule has 23 heavy (non-hydrogen) atoms. The summed E-state index contributed by atoms with van der Waals surface area (Å²) in [6, 6.07) is 6.35. The molecule has 0 spiro atoms. The molecule has 1 N–H and O–H groups in total. The number of nitrogens with one attached hydrogen (secondary N) is 1. The Morgan fingerprint density at radius 2 is 1.87 bits per heavy atom. The van der Waals surface area contributed by atoms with Crippen LogP contribution in [0.1, 0.15) is 26.3 Å². The molecule has 0 unspecified atom stereocenters. The predicted octanol–water partition coefficient (Wildman–Crippen LogP) is 0.760. The van der Waals surface area contributed by atoms with Gasteiger partial charge in [0.1, 0.15) is 5.54 Å². The third-order valence-electron chi connectivity index (χ3n) is 4.17. The summed E-state index contributed by atoms with van der Waals surface area (Å²) in [4.78, 5) is 26.2. The minimum atomic E-state index is -3.24. The number of hydrogen-bond donors (Lipinski definition) is 1. The van der Waals surface area contributed by atoms with Gasteiger partial charge in [0, 0.05) is 13.1 Å². The SMILES string of the molecule is CCS(=O)(=O)c1ccc(CC(=O)N2CCNC(=O)C2(C)C)cc1. The van der Waals surface area contributed by atoms with Crippen molar-refractivity contribution in [1.82, 2.24) is 10.2 Å². The smallest absolute Gasteiger partial charge is 0.245 e. The summed E-state index contributed by atoms with van der Waals surface area (Å²) in [5, 5.41) is 2.75. The highest BCUT2D eigenvalue weighted by Crippen LogP contribution is 2.20. The van der Waals surface area contributed by atoms with Crippen molar-refractivity contribution < 1.29 is 18.0 Å². The molecule has 1 aliphatic heterocycles. The van der Waals surface area contributed by atoms with Crippen molar-refractivity contribution >= 4 is 21.7 Å². The second kappa shape index (κ2) is 6.31. The van der Waals surface area contributed by atoms with E-state index in [1.165, 1.54) is 12.1 Å². The summed E-state index contributed by atoms with van der Waals surface area (Å²) in [6.07, 6.45) is 0.142. The largest absolute Gasteiger partial charge is 0.352 e. The fourth-order valence-corrected chi connectivity index (χ4v) is 3.47. The summed E-state index contributed by atoms with van der Waals surface area (Å²) in [7, 11) is -3.24. The van der Waals surface area contributed by atoms with Crippen molar-refractivity contribution in [3.8, 4) is 0 Å². The Morgan fingerprint density at radius 3 is 2.43 bits per heavy atom. The average Bonchev–Trinajstić information content (AvgIpc) is 2.50. The zero-order valence-electron chi connectivity index (χ0n) is 13.6. The van der Waals surface area contributed by atoms with Gasteiger partial charge in [0.25, 0.3) is 0 Å². The number of piperazine rings is 1. The molecule has 0 aromatic heterocycles. The first-order valence-corrected chi connectivity index (χ1v) is 9.24. The zero-order chi connectivity index (χ0) is 17.3. The lowest BCUT2D eigenvalue weighted by Gasteiger charge is -2.41. The molecule has 1 aliphatic rings. The van der Waals surface area contributed by atoms with Crippen LogP contribution < -0.4 is 5.32 Å². The first-order chi connectivity index (χ1) is 10.7. The lowest BCUT2D eigenvalue weighted by molar-refractivity contribution is -0.148. The normalized spacial score (nSPS) is 17.7. The molecule has 1 fully saturated rings. The van der Waals surface area contributed by atoms with Crippen molar-refractivity contribution in [3.05, 3.63) is 29.8 Å². The molecule has 6 nitrogen and oxygen atoms in total. The molecule has 2 rings (SSSR count). The van der Waals surface area contributed by atoms with Gasteiger partial charge < -0.3 is 10.2 Å². The molecule has 0 bridgehead atoms. The quantitative estimate of drug-likeness (QED) is 0.878. The van der Waals surface area contributed by atoms with Gasteiger partial charge in [0.2, 0.25) is 11.8 Å². The Kier molecular flexibility index (Phi) is 4.79. The molecule has 126 valence electrons. The highest BCUT2D eigenvalue weighted by Gasteiger charge is 2.40. The lowest BCUT2D eigenvalue weighted by Crippen LogP contribution is -2.63. The van der Waals surface area contributed by atoms with E-state index in [0.29, 0.717) is 13.1 Å². The van der Waals surface area contributed by atoms with E-state index in [4.69, 9.17) is 0 Å². The van der Waals surface area contributed by atoms with Crippen LogP contribution in [0, 0.1) is 0 Å². The van der Waals surface area contributed by atoms with Crippen LogP contribution in [0.4, 0.5) is 0 Å². The Morgan fingerprint density at radius 1 is 1.26 bits per heavy atom. The Bertz CT molecular complexity index is 708. The minimum absolute atomic E-state index is 0.0440. The van der Waals surface area contributed by atoms with Crippen molar-refractivity contribution in [1.29, 1.82) is 0 Å². The van der Waals surface area contributed by atoms with Crippen LogP contribution in [-0.2, 0) is 25.8 Å². The molecule has 1 heterocycles. The van der Waals surface area contributed by atoms with Gasteiger partial charge in [-0.3, -0.25) is 9.59 Å². The van der Waals surface area contributed by atoms with Crippen molar-refractivity contribution in [2.45, 2.75) is 37.6 Å². The summed E-state index contributed by atoms with van der Waals surface area (Å²) in [5.41, 5.74) is -0.146. The van der Waals surface area contributed by atoms with Crippen LogP contribution in [0.25, 0.3) is 0 Å². The average molecular weight is 338 g/mol. The van der Waals surface area contributed by atoms with E-state index >= 15 is 0 Å². The number of amides is 2. The number of carbonyl (C=O) groups is 2. The topological polar surface area (TPSA) is 83.6 Å². The summed E-state index contributed by atoms with van der Waals surface area (Å²) < 4.78 is 23.6. The van der Waals surface area contributed by atoms with Crippen LogP contribution in [-0.4, -0.2) is 49.5 Å². The fraction of sp³-hybridized carbons (Fsp3) is 0.500. The molecule has 0 radical (unpaired) electrons. The number of benzene rings is 1. The van der Waals surface area contributed by atoms with E-state index in [1.54, 1.807) is 37.8 Å². The van der Waals surface area contributed by atoms with Gasteiger partial charge in [-0.15, -0.1) is 0 Å². The monoisotopic (exact) mass is 338 g/mol. The number of hydrogen-bond acceptors (Lipinski definition) is 4. The molecule has 0 atom stereocenters. The number of rotatable bonds is 4. The third-order valence-corrected chi connectivity index (χ3v) is 5.92. The van der Waals surface area contributed by atoms with Gasteiger partial charge in [-0.25, -0.2) is 8.42 Å². The molecule has 1 aromatic rings. The van der Waals surface area contributed by atoms with Gasteiger partial charge in [-0.1, -0.05) is 19.1 Å². The fourth-order valence-electron chi connectivity index (χ4n) is 2.59. The van der Waals surface area contributed by atoms with E-state index < -0.39 is 15.4 Å². The highest BCUT2D eigenvalue weighted by molar-refractivity contribution is 7.91. The molecular weight excluding hydrogens is 316 g/mol. The lowest BCUT2D eigenvalue weighted by atomic mass is 9.97. The second-order valence-electron chi connectivity index (χ2n) is 6.08. The maximum absolute atomic E-state index is 12.5. The van der Waals surface area contributed by atoms with Gasteiger partial charge in [0.15, 0.2) is 9.84 Å². The van der Waals surface area contributed by atoms with E-state index in [9.17, 15) is 18.0 Å². The van der Waals surface area contributed by atoms with Crippen LogP contribution >= 0.6 is 0 Å². The summed E-state index contributed by atoms with van der Waals surface area (Å²) in [5.74, 6) is -0.264. The molecule has 7 heteroatoms. The molecular formula is C16H22N2O4S. The Labute approximate surface area is 136 Å². The summed E-state index contributed by atoms with van der Waals surface area (Å²) in [6.45, 7) is 5.95. The number of nitrogens with zero attached hydrogens (tertiary/aromatic N) is 1. The van der Waals surface area contributed by atoms with E-state index in [0.717, 1.165) is 5.56 Å². The standard InChI is InChI=1S/C16H22N2O4S/c1-4-23(21,22)13-7-5-12(6-8-13)11-14(19)18-10-9-17-15(20)16(18,2)3/h5-8H,4,9-11H2,1-3H3,(H,17,20). The second-order valence-corrected chi connectivity index (χ2v) is 8.36. The molecule has 1 aromatic carbocycles. The third kappa shape index (κ3) is 3.55. The van der Waals surface area contributed by atoms with Crippen LogP contribution in [0.5, 0.6) is 0 Å². The predicted molar refractivity (Wildman–Crippen MR) is 86.7 cm³/mol. The molecule has 0 aliphatic carbocycles. The van der Waals surface area contributed by atoms with E-state index in [1.807, 2.05) is 0 Å². The maximum atomic E-state index is 12.5. The van der Waals surface area contributed by atoms with Gasteiger partial charge in [-0.2, -0.15) is 0 Å². The molecule has 1 saturated heterocycles. The van der Waals surface area contributed by atoms with Crippen LogP contribution in [0.3, 0.4) is 0 Å². The zero-order valence-corrected chi connectivity index (χ0v) is 14.4. The van der Waals surface area contributed by atoms with Crippen molar-refractivity contribution in [3.63, 3.8) is 0 Å². The first kappa shape index (κ1) is 17.5. The van der Waals surface area contributed by atoms with Gasteiger partial charge >= 0.3 is 0 Å². The van der Waals surface area contributed by atoms with Gasteiger partial charge in [0.05, 0.1) is 17.1 Å². The van der Waals surface area contributed by atoms with Gasteiger partial charge in [-0.05, 0) is 31.5 Å². The van der Waals surface area contributed by atoms with Crippen molar-refractivity contribution in [2.24, 2.45) is 0 Å². The van der Waals surface area contributed by atoms with E-state index in [-0.39, 0.29) is 28.9 Å². The number of sulfone groups is 1. The Balaban J connectivity index is 2.13. The number of carbonyl (C=O) groups excluding carboxylic acids is 2. The molecule has 0 saturated carbocycles. The maximum Gasteiger partial charge on any atom is 0.245 e. The molecule has 2 amide bonds. The van der Waals surface area contributed by atoms with E-state index in [2.05, 4.69) is 5.32 Å². The highest BCUT2D eigenvalue weighted by atomic mass is 32.2. The van der Waals surface area contributed by atoms with Crippen LogP contribution in [0.15, 0.2) is 29.2 Å².